The molecule has 2 fully saturated rings. The number of likely N-dealkylation sites (tertiary alicyclic amines) is 1. The number of rotatable bonds is 5. The summed E-state index contributed by atoms with van der Waals surface area (Å²) in [5.41, 5.74) is 5.87. The Labute approximate surface area is 279 Å². The predicted octanol–water partition coefficient (Wildman–Crippen LogP) is 6.95. The van der Waals surface area contributed by atoms with Crippen LogP contribution in [-0.2, 0) is 0 Å². The Bertz CT molecular complexity index is 1980. The fourth-order valence-corrected chi connectivity index (χ4v) is 7.43. The Morgan fingerprint density at radius 2 is 1.69 bits per heavy atom. The molecule has 7 rings (SSSR count). The highest BCUT2D eigenvalue weighted by atomic mass is 16.4. The van der Waals surface area contributed by atoms with Gasteiger partial charge in [-0.15, -0.1) is 0 Å². The van der Waals surface area contributed by atoms with Gasteiger partial charge in [0.25, 0.3) is 0 Å². The number of hydrogen-bond acceptors (Lipinski definition) is 7. The smallest absolute Gasteiger partial charge is 0.407 e. The molecule has 2 saturated heterocycles. The molecule has 2 unspecified atom stereocenters. The second kappa shape index (κ2) is 12.3. The summed E-state index contributed by atoms with van der Waals surface area (Å²) in [7, 11) is 0. The highest BCUT2D eigenvalue weighted by molar-refractivity contribution is 5.87. The van der Waals surface area contributed by atoms with E-state index in [1.54, 1.807) is 27.7 Å². The number of phenolic OH excluding ortho intramolecular Hbond substituents is 1. The summed E-state index contributed by atoms with van der Waals surface area (Å²) in [6, 6.07) is 16.0. The molecule has 0 radical (unpaired) electrons. The number of nitrogens with zero attached hydrogens (tertiary/aromatic N) is 8. The lowest BCUT2D eigenvalue weighted by Crippen LogP contribution is -2.51. The van der Waals surface area contributed by atoms with E-state index >= 15 is 0 Å². The number of phenols is 1. The van der Waals surface area contributed by atoms with Crippen LogP contribution < -0.4 is 4.90 Å². The van der Waals surface area contributed by atoms with Crippen molar-refractivity contribution in [3.63, 3.8) is 0 Å². The average molecular weight is 645 g/mol. The quantitative estimate of drug-likeness (QED) is 0.210. The Balaban J connectivity index is 1.14. The van der Waals surface area contributed by atoms with E-state index in [4.69, 9.17) is 10.1 Å². The minimum Gasteiger partial charge on any atom is -0.508 e. The van der Waals surface area contributed by atoms with Crippen molar-refractivity contribution >= 4 is 17.4 Å². The molecule has 2 atom stereocenters. The van der Waals surface area contributed by atoms with Gasteiger partial charge in [-0.2, -0.15) is 15.5 Å². The first-order chi connectivity index (χ1) is 23.1. The Kier molecular flexibility index (Phi) is 8.03. The zero-order valence-electron chi connectivity index (χ0n) is 27.5. The molecule has 5 aromatic rings. The molecule has 48 heavy (non-hydrogen) atoms. The summed E-state index contributed by atoms with van der Waals surface area (Å²) in [6.07, 6.45) is 11.8. The van der Waals surface area contributed by atoms with E-state index in [0.29, 0.717) is 36.6 Å². The number of aromatic nitrogens is 5. The number of anilines is 1. The lowest BCUT2D eigenvalue weighted by Gasteiger charge is -2.44. The molecule has 1 amide bonds. The minimum absolute atomic E-state index is 0.0829. The number of pyridine rings is 2. The maximum atomic E-state index is 12.0. The van der Waals surface area contributed by atoms with Gasteiger partial charge in [0.05, 0.1) is 29.5 Å². The number of amides is 1. The topological polar surface area (TPSA) is 136 Å². The standard InChI is InChI=1S/C37H40N8O3/c1-37(2,3)33-17-30(12-15-43(33)36(47)48)44-23-29(21-40-44)27-16-32(35-28(18-38)20-41-45(35)22-27)26-6-9-34(39-19-26)42-13-10-25(11-14-42)24-4-7-31(46)8-5-24/h4-9,16,19-23,25,30,33,46H,10-15,17H2,1-3H3,(H,47,48). The van der Waals surface area contributed by atoms with Gasteiger partial charge in [0.15, 0.2) is 0 Å². The van der Waals surface area contributed by atoms with Crippen LogP contribution in [0.4, 0.5) is 10.6 Å². The number of nitriles is 1. The molecule has 11 nitrogen and oxygen atoms in total. The van der Waals surface area contributed by atoms with E-state index in [1.165, 1.54) is 5.56 Å². The third-order valence-corrected chi connectivity index (χ3v) is 10.1. The zero-order valence-corrected chi connectivity index (χ0v) is 27.5. The van der Waals surface area contributed by atoms with E-state index < -0.39 is 6.09 Å². The van der Waals surface area contributed by atoms with Crippen LogP contribution in [0, 0.1) is 16.7 Å². The summed E-state index contributed by atoms with van der Waals surface area (Å²) in [4.78, 5) is 20.7. The Morgan fingerprint density at radius 3 is 2.35 bits per heavy atom. The number of aromatic hydroxyl groups is 1. The Hall–Kier alpha value is -5.37. The van der Waals surface area contributed by atoms with Crippen LogP contribution in [0.25, 0.3) is 27.8 Å². The summed E-state index contributed by atoms with van der Waals surface area (Å²) < 4.78 is 3.73. The normalized spacial score (nSPS) is 19.0. The van der Waals surface area contributed by atoms with Gasteiger partial charge in [-0.05, 0) is 72.9 Å². The molecule has 2 aliphatic heterocycles. The van der Waals surface area contributed by atoms with Crippen LogP contribution in [0.1, 0.15) is 69.5 Å². The van der Waals surface area contributed by atoms with Crippen LogP contribution >= 0.6 is 0 Å². The van der Waals surface area contributed by atoms with Gasteiger partial charge < -0.3 is 20.0 Å². The van der Waals surface area contributed by atoms with Gasteiger partial charge in [0, 0.05) is 66.5 Å². The molecule has 6 heterocycles. The minimum atomic E-state index is -0.871. The molecule has 2 aliphatic rings. The number of piperidine rings is 2. The summed E-state index contributed by atoms with van der Waals surface area (Å²) >= 11 is 0. The highest BCUT2D eigenvalue weighted by Crippen LogP contribution is 2.38. The van der Waals surface area contributed by atoms with Gasteiger partial charge in [-0.25, -0.2) is 14.3 Å². The van der Waals surface area contributed by atoms with Crippen LogP contribution in [0.15, 0.2) is 73.4 Å². The van der Waals surface area contributed by atoms with Crippen molar-refractivity contribution in [1.82, 2.24) is 29.3 Å². The van der Waals surface area contributed by atoms with Crippen molar-refractivity contribution < 1.29 is 15.0 Å². The van der Waals surface area contributed by atoms with E-state index in [1.807, 2.05) is 41.6 Å². The van der Waals surface area contributed by atoms with Gasteiger partial charge >= 0.3 is 6.09 Å². The van der Waals surface area contributed by atoms with Crippen molar-refractivity contribution in [2.75, 3.05) is 24.5 Å². The van der Waals surface area contributed by atoms with E-state index in [-0.39, 0.29) is 17.5 Å². The molecule has 2 N–H and O–H groups in total. The van der Waals surface area contributed by atoms with E-state index in [9.17, 15) is 20.3 Å². The molecule has 0 spiro atoms. The van der Waals surface area contributed by atoms with Crippen molar-refractivity contribution in [2.24, 2.45) is 5.41 Å². The molecule has 0 bridgehead atoms. The zero-order chi connectivity index (χ0) is 33.6. The van der Waals surface area contributed by atoms with E-state index in [2.05, 4.69) is 55.0 Å². The monoisotopic (exact) mass is 644 g/mol. The highest BCUT2D eigenvalue weighted by Gasteiger charge is 2.39. The van der Waals surface area contributed by atoms with Crippen LogP contribution in [0.2, 0.25) is 0 Å². The first-order valence-electron chi connectivity index (χ1n) is 16.5. The lowest BCUT2D eigenvalue weighted by atomic mass is 9.79. The molecule has 0 aliphatic carbocycles. The number of fused-ring (bicyclic) bond motifs is 1. The van der Waals surface area contributed by atoms with Crippen molar-refractivity contribution in [3.8, 4) is 34.1 Å². The SMILES string of the molecule is CC(C)(C)C1CC(n2cc(-c3cc(-c4ccc(N5CCC(c6ccc(O)cc6)CC5)nc4)c4c(C#N)cnn4c3)cn2)CCN1C(=O)O. The molecule has 1 aromatic carbocycles. The molecule has 0 saturated carbocycles. The van der Waals surface area contributed by atoms with Crippen molar-refractivity contribution in [3.05, 3.63) is 84.6 Å². The van der Waals surface area contributed by atoms with Crippen LogP contribution in [-0.4, -0.2) is 71.3 Å². The van der Waals surface area contributed by atoms with Gasteiger partial charge in [-0.1, -0.05) is 32.9 Å². The van der Waals surface area contributed by atoms with Crippen LogP contribution in [0.3, 0.4) is 0 Å². The molecule has 246 valence electrons. The fourth-order valence-electron chi connectivity index (χ4n) is 7.43. The van der Waals surface area contributed by atoms with Gasteiger partial charge in [0.2, 0.25) is 0 Å². The first kappa shape index (κ1) is 31.2. The summed E-state index contributed by atoms with van der Waals surface area (Å²) in [5, 5.41) is 38.6. The maximum absolute atomic E-state index is 12.0. The number of hydrogen-bond donors (Lipinski definition) is 2. The second-order valence-electron chi connectivity index (χ2n) is 14.1. The lowest BCUT2D eigenvalue weighted by molar-refractivity contribution is 0.0408. The number of carbonyl (C=O) groups is 1. The van der Waals surface area contributed by atoms with Crippen molar-refractivity contribution in [2.45, 2.75) is 64.5 Å². The number of benzene rings is 1. The maximum Gasteiger partial charge on any atom is 0.407 e. The summed E-state index contributed by atoms with van der Waals surface area (Å²) in [6.45, 7) is 8.53. The molecular weight excluding hydrogens is 604 g/mol. The molecule has 4 aromatic heterocycles. The third kappa shape index (κ3) is 5.94. The molecular formula is C37H40N8O3. The fraction of sp³-hybridized carbons (Fsp3) is 0.378. The van der Waals surface area contributed by atoms with E-state index in [0.717, 1.165) is 59.5 Å². The number of carboxylic acid groups (broad SMARTS) is 1. The third-order valence-electron chi connectivity index (χ3n) is 10.1. The largest absolute Gasteiger partial charge is 0.508 e. The first-order valence-corrected chi connectivity index (χ1v) is 16.5. The predicted molar refractivity (Wildman–Crippen MR) is 183 cm³/mol. The average Bonchev–Trinajstić information content (AvgIpc) is 3.76. The van der Waals surface area contributed by atoms with Crippen LogP contribution in [0.5, 0.6) is 5.75 Å². The van der Waals surface area contributed by atoms with Gasteiger partial charge in [-0.3, -0.25) is 4.68 Å². The second-order valence-corrected chi connectivity index (χ2v) is 14.1. The molecule has 11 heteroatoms. The summed E-state index contributed by atoms with van der Waals surface area (Å²) in [5.74, 6) is 1.68. The Morgan fingerprint density at radius 1 is 0.917 bits per heavy atom. The van der Waals surface area contributed by atoms with Gasteiger partial charge in [0.1, 0.15) is 17.6 Å². The van der Waals surface area contributed by atoms with Crippen molar-refractivity contribution in [1.29, 1.82) is 5.26 Å².